The van der Waals surface area contributed by atoms with Crippen molar-refractivity contribution in [1.29, 1.82) is 0 Å². The van der Waals surface area contributed by atoms with Gasteiger partial charge in [-0.3, -0.25) is 9.78 Å². The van der Waals surface area contributed by atoms with Gasteiger partial charge >= 0.3 is 0 Å². The largest absolute Gasteiger partial charge is 0.441 e. The monoisotopic (exact) mass is 466 g/mol. The van der Waals surface area contributed by atoms with E-state index in [1.165, 1.54) is 30.6 Å². The first kappa shape index (κ1) is 21.9. The van der Waals surface area contributed by atoms with Crippen LogP contribution >= 0.6 is 11.6 Å². The van der Waals surface area contributed by atoms with Gasteiger partial charge in [0.2, 0.25) is 0 Å². The van der Waals surface area contributed by atoms with Crippen molar-refractivity contribution in [3.63, 3.8) is 0 Å². The Labute approximate surface area is 190 Å². The Morgan fingerprint density at radius 1 is 1.00 bits per heavy atom. The van der Waals surface area contributed by atoms with E-state index >= 15 is 0 Å². The summed E-state index contributed by atoms with van der Waals surface area (Å²) in [5, 5.41) is 0.352. The summed E-state index contributed by atoms with van der Waals surface area (Å²) in [4.78, 5) is 21.3. The molecule has 8 heteroatoms. The van der Waals surface area contributed by atoms with E-state index in [4.69, 9.17) is 16.0 Å². The van der Waals surface area contributed by atoms with Crippen LogP contribution in [0.4, 0.5) is 0 Å². The van der Waals surface area contributed by atoms with E-state index in [-0.39, 0.29) is 22.0 Å². The Morgan fingerprint density at radius 3 is 2.31 bits per heavy atom. The van der Waals surface area contributed by atoms with Crippen LogP contribution < -0.4 is 0 Å². The number of oxazole rings is 1. The number of rotatable bonds is 6. The number of aromatic nitrogens is 2. The van der Waals surface area contributed by atoms with Crippen LogP contribution in [0.15, 0.2) is 76.3 Å². The Balaban J connectivity index is 1.65. The van der Waals surface area contributed by atoms with Crippen molar-refractivity contribution in [1.82, 2.24) is 9.97 Å². The summed E-state index contributed by atoms with van der Waals surface area (Å²) in [6.07, 6.45) is 3.01. The fourth-order valence-corrected chi connectivity index (χ4v) is 5.00. The van der Waals surface area contributed by atoms with Gasteiger partial charge in [0.1, 0.15) is 0 Å². The summed E-state index contributed by atoms with van der Waals surface area (Å²) in [7, 11) is -3.72. The molecular formula is C24H19ClN2O4S. The molecule has 0 aliphatic carbocycles. The lowest BCUT2D eigenvalue weighted by atomic mass is 10.00. The fourth-order valence-electron chi connectivity index (χ4n) is 3.45. The second-order valence-electron chi connectivity index (χ2n) is 7.30. The lowest BCUT2D eigenvalue weighted by Gasteiger charge is -2.11. The molecule has 0 atom stereocenters. The summed E-state index contributed by atoms with van der Waals surface area (Å²) in [5.41, 5.74) is 2.50. The van der Waals surface area contributed by atoms with Gasteiger partial charge in [0.05, 0.1) is 16.3 Å². The predicted molar refractivity (Wildman–Crippen MR) is 121 cm³/mol. The van der Waals surface area contributed by atoms with E-state index in [0.29, 0.717) is 27.8 Å². The molecule has 162 valence electrons. The lowest BCUT2D eigenvalue weighted by Crippen LogP contribution is -2.11. The van der Waals surface area contributed by atoms with Gasteiger partial charge in [0.15, 0.2) is 27.3 Å². The maximum Gasteiger partial charge on any atom is 0.193 e. The molecule has 0 amide bonds. The lowest BCUT2D eigenvalue weighted by molar-refractivity contribution is 0.103. The molecular weight excluding hydrogens is 448 g/mol. The number of benzene rings is 2. The summed E-state index contributed by atoms with van der Waals surface area (Å²) < 4.78 is 31.9. The quantitative estimate of drug-likeness (QED) is 0.362. The highest BCUT2D eigenvalue weighted by atomic mass is 35.5. The van der Waals surface area contributed by atoms with E-state index < -0.39 is 9.84 Å². The molecule has 32 heavy (non-hydrogen) atoms. The van der Waals surface area contributed by atoms with Crippen molar-refractivity contribution in [2.24, 2.45) is 0 Å². The van der Waals surface area contributed by atoms with Crippen molar-refractivity contribution < 1.29 is 17.6 Å². The van der Waals surface area contributed by atoms with Crippen molar-refractivity contribution in [3.05, 3.63) is 100 Å². The number of hydrogen-bond acceptors (Lipinski definition) is 6. The fraction of sp³-hybridized carbons (Fsp3) is 0.125. The number of sulfone groups is 1. The van der Waals surface area contributed by atoms with Gasteiger partial charge in [0, 0.05) is 41.0 Å². The molecule has 0 unspecified atom stereocenters. The third-order valence-electron chi connectivity index (χ3n) is 4.98. The predicted octanol–water partition coefficient (Wildman–Crippen LogP) is 5.21. The Bertz CT molecular complexity index is 1400. The van der Waals surface area contributed by atoms with E-state index in [1.54, 1.807) is 43.3 Å². The third kappa shape index (κ3) is 4.49. The highest BCUT2D eigenvalue weighted by Gasteiger charge is 2.22. The minimum atomic E-state index is -3.72. The molecule has 0 aliphatic rings. The third-order valence-corrected chi connectivity index (χ3v) is 6.90. The van der Waals surface area contributed by atoms with Crippen molar-refractivity contribution in [3.8, 4) is 11.3 Å². The number of pyridine rings is 1. The summed E-state index contributed by atoms with van der Waals surface area (Å²) in [5.74, 6) is 0.500. The standard InChI is InChI=1S/C24H19ClN2O4S/c1-15-24(31-16(2)27-15)18-4-7-21(8-5-18)32(29,30)14-19-3-6-20(25)13-22(19)23(28)17-9-11-26-12-10-17/h3-13H,14H2,1-2H3. The van der Waals surface area contributed by atoms with Crippen LogP contribution in [-0.4, -0.2) is 24.2 Å². The molecule has 6 nitrogen and oxygen atoms in total. The zero-order valence-corrected chi connectivity index (χ0v) is 18.9. The average Bonchev–Trinajstić information content (AvgIpc) is 3.13. The molecule has 0 N–H and O–H groups in total. The molecule has 0 aliphatic heterocycles. The number of carbonyl (C=O) groups excluding carboxylic acids is 1. The van der Waals surface area contributed by atoms with E-state index in [0.717, 1.165) is 11.3 Å². The van der Waals surface area contributed by atoms with Crippen LogP contribution in [0.5, 0.6) is 0 Å². The summed E-state index contributed by atoms with van der Waals surface area (Å²) in [6, 6.07) is 14.2. The topological polar surface area (TPSA) is 90.1 Å². The summed E-state index contributed by atoms with van der Waals surface area (Å²) in [6.45, 7) is 3.59. The van der Waals surface area contributed by atoms with E-state index in [1.807, 2.05) is 6.92 Å². The average molecular weight is 467 g/mol. The smallest absolute Gasteiger partial charge is 0.193 e. The Morgan fingerprint density at radius 2 is 1.69 bits per heavy atom. The van der Waals surface area contributed by atoms with E-state index in [2.05, 4.69) is 9.97 Å². The maximum absolute atomic E-state index is 13.1. The van der Waals surface area contributed by atoms with Crippen LogP contribution in [0.2, 0.25) is 5.02 Å². The first-order valence-electron chi connectivity index (χ1n) is 9.75. The van der Waals surface area contributed by atoms with Crippen LogP contribution in [0, 0.1) is 13.8 Å². The molecule has 0 radical (unpaired) electrons. The molecule has 2 aromatic carbocycles. The molecule has 0 bridgehead atoms. The van der Waals surface area contributed by atoms with Gasteiger partial charge in [-0.25, -0.2) is 13.4 Å². The van der Waals surface area contributed by atoms with Crippen molar-refractivity contribution in [2.75, 3.05) is 0 Å². The molecule has 2 heterocycles. The number of carbonyl (C=O) groups is 1. The van der Waals surface area contributed by atoms with Crippen LogP contribution in [0.1, 0.15) is 33.1 Å². The zero-order chi connectivity index (χ0) is 22.9. The van der Waals surface area contributed by atoms with Gasteiger partial charge < -0.3 is 4.42 Å². The molecule has 0 spiro atoms. The SMILES string of the molecule is Cc1nc(C)c(-c2ccc(S(=O)(=O)Cc3ccc(Cl)cc3C(=O)c3ccncc3)cc2)o1. The molecule has 0 saturated heterocycles. The molecule has 4 rings (SSSR count). The van der Waals surface area contributed by atoms with Gasteiger partial charge in [-0.2, -0.15) is 0 Å². The second-order valence-corrected chi connectivity index (χ2v) is 9.72. The maximum atomic E-state index is 13.1. The first-order valence-corrected chi connectivity index (χ1v) is 11.8. The highest BCUT2D eigenvalue weighted by molar-refractivity contribution is 7.90. The van der Waals surface area contributed by atoms with Crippen molar-refractivity contribution >= 4 is 27.2 Å². The first-order chi connectivity index (χ1) is 15.2. The number of halogens is 1. The van der Waals surface area contributed by atoms with Gasteiger partial charge in [-0.15, -0.1) is 0 Å². The second kappa shape index (κ2) is 8.68. The number of ketones is 1. The minimum absolute atomic E-state index is 0.146. The molecule has 2 aromatic heterocycles. The van der Waals surface area contributed by atoms with E-state index in [9.17, 15) is 13.2 Å². The minimum Gasteiger partial charge on any atom is -0.441 e. The number of hydrogen-bond donors (Lipinski definition) is 0. The molecule has 0 saturated carbocycles. The van der Waals surface area contributed by atoms with Gasteiger partial charge in [-0.05, 0) is 61.0 Å². The molecule has 0 fully saturated rings. The number of nitrogens with zero attached hydrogens (tertiary/aromatic N) is 2. The van der Waals surface area contributed by atoms with Gasteiger partial charge in [0.25, 0.3) is 0 Å². The number of aryl methyl sites for hydroxylation is 2. The summed E-state index contributed by atoms with van der Waals surface area (Å²) >= 11 is 6.10. The molecule has 4 aromatic rings. The highest BCUT2D eigenvalue weighted by Crippen LogP contribution is 2.28. The van der Waals surface area contributed by atoms with Gasteiger partial charge in [-0.1, -0.05) is 17.7 Å². The Kier molecular flexibility index (Phi) is 5.95. The van der Waals surface area contributed by atoms with Crippen LogP contribution in [-0.2, 0) is 15.6 Å². The van der Waals surface area contributed by atoms with Crippen molar-refractivity contribution in [2.45, 2.75) is 24.5 Å². The zero-order valence-electron chi connectivity index (χ0n) is 17.4. The van der Waals surface area contributed by atoms with Crippen LogP contribution in [0.3, 0.4) is 0 Å². The normalized spacial score (nSPS) is 11.5. The van der Waals surface area contributed by atoms with Crippen LogP contribution in [0.25, 0.3) is 11.3 Å². The Hall–Kier alpha value is -3.29.